The van der Waals surface area contributed by atoms with E-state index in [2.05, 4.69) is 99.6 Å². The Balaban J connectivity index is 2.08. The van der Waals surface area contributed by atoms with Crippen molar-refractivity contribution in [2.24, 2.45) is 0 Å². The maximum Gasteiger partial charge on any atom is 0.0149 e. The molecule has 0 radical (unpaired) electrons. The van der Waals surface area contributed by atoms with Crippen LogP contribution in [0.25, 0.3) is 0 Å². The summed E-state index contributed by atoms with van der Waals surface area (Å²) in [4.78, 5) is 0. The third-order valence-electron chi connectivity index (χ3n) is 4.80. The second kappa shape index (κ2) is 6.42. The van der Waals surface area contributed by atoms with Crippen molar-refractivity contribution in [1.82, 2.24) is 0 Å². The van der Waals surface area contributed by atoms with Crippen molar-refractivity contribution in [3.63, 3.8) is 0 Å². The van der Waals surface area contributed by atoms with Gasteiger partial charge in [0.25, 0.3) is 0 Å². The highest BCUT2D eigenvalue weighted by molar-refractivity contribution is 5.47. The first kappa shape index (κ1) is 15.6. The van der Waals surface area contributed by atoms with Gasteiger partial charge in [-0.25, -0.2) is 0 Å². The van der Waals surface area contributed by atoms with Gasteiger partial charge in [-0.15, -0.1) is 0 Å². The van der Waals surface area contributed by atoms with E-state index in [1.54, 1.807) is 0 Å². The first-order valence-electron chi connectivity index (χ1n) is 8.27. The zero-order valence-corrected chi connectivity index (χ0v) is 14.2. The molecule has 0 unspecified atom stereocenters. The smallest absolute Gasteiger partial charge is 0.0149 e. The van der Waals surface area contributed by atoms with Crippen molar-refractivity contribution in [2.75, 3.05) is 0 Å². The fraction of sp³-hybridized carbons (Fsp3) is 0.217. The molecule has 0 aromatic heterocycles. The Morgan fingerprint density at radius 2 is 1.30 bits per heavy atom. The topological polar surface area (TPSA) is 0 Å². The Bertz CT molecular complexity index is 768. The van der Waals surface area contributed by atoms with Crippen molar-refractivity contribution in [2.45, 2.75) is 32.6 Å². The first-order chi connectivity index (χ1) is 11.1. The van der Waals surface area contributed by atoms with Crippen LogP contribution in [0.15, 0.2) is 78.9 Å². The molecular formula is C23H24. The molecule has 3 aromatic carbocycles. The second-order valence-corrected chi connectivity index (χ2v) is 6.75. The summed E-state index contributed by atoms with van der Waals surface area (Å²) in [5, 5.41) is 0. The van der Waals surface area contributed by atoms with Crippen LogP contribution in [0, 0.1) is 6.92 Å². The molecule has 0 aliphatic rings. The van der Waals surface area contributed by atoms with Crippen molar-refractivity contribution >= 4 is 0 Å². The lowest BCUT2D eigenvalue weighted by Crippen LogP contribution is -2.21. The predicted molar refractivity (Wildman–Crippen MR) is 99.0 cm³/mol. The minimum absolute atomic E-state index is 0.00259. The SMILES string of the molecule is Cc1cccc(C(C)(C)c2ccccc2)c1Cc1ccccc1. The Morgan fingerprint density at radius 3 is 1.96 bits per heavy atom. The standard InChI is InChI=1S/C23H24/c1-18-11-10-16-22(21(18)17-19-12-6-4-7-13-19)23(2,3)20-14-8-5-9-15-20/h4-16H,17H2,1-3H3. The highest BCUT2D eigenvalue weighted by Gasteiger charge is 2.26. The molecule has 0 atom stereocenters. The van der Waals surface area contributed by atoms with Gasteiger partial charge in [0.05, 0.1) is 0 Å². The van der Waals surface area contributed by atoms with Gasteiger partial charge in [-0.2, -0.15) is 0 Å². The fourth-order valence-corrected chi connectivity index (χ4v) is 3.33. The highest BCUT2D eigenvalue weighted by Crippen LogP contribution is 2.35. The number of benzene rings is 3. The molecule has 116 valence electrons. The van der Waals surface area contributed by atoms with E-state index in [1.807, 2.05) is 0 Å². The van der Waals surface area contributed by atoms with Crippen molar-refractivity contribution in [3.05, 3.63) is 107 Å². The lowest BCUT2D eigenvalue weighted by molar-refractivity contribution is 0.632. The lowest BCUT2D eigenvalue weighted by atomic mass is 9.74. The van der Waals surface area contributed by atoms with E-state index in [1.165, 1.54) is 27.8 Å². The van der Waals surface area contributed by atoms with Gasteiger partial charge in [0.1, 0.15) is 0 Å². The van der Waals surface area contributed by atoms with E-state index in [4.69, 9.17) is 0 Å². The Morgan fingerprint density at radius 1 is 0.696 bits per heavy atom. The van der Waals surface area contributed by atoms with Gasteiger partial charge < -0.3 is 0 Å². The molecule has 0 saturated carbocycles. The van der Waals surface area contributed by atoms with Gasteiger partial charge in [-0.1, -0.05) is 92.7 Å². The van der Waals surface area contributed by atoms with Crippen LogP contribution in [-0.2, 0) is 11.8 Å². The van der Waals surface area contributed by atoms with Crippen LogP contribution < -0.4 is 0 Å². The quantitative estimate of drug-likeness (QED) is 0.561. The highest BCUT2D eigenvalue weighted by atomic mass is 14.3. The maximum absolute atomic E-state index is 2.33. The summed E-state index contributed by atoms with van der Waals surface area (Å²) in [5.41, 5.74) is 6.97. The normalized spacial score (nSPS) is 11.4. The number of rotatable bonds is 4. The number of aryl methyl sites for hydroxylation is 1. The third kappa shape index (κ3) is 3.22. The number of hydrogen-bond donors (Lipinski definition) is 0. The summed E-state index contributed by atoms with van der Waals surface area (Å²) < 4.78 is 0. The molecule has 0 amide bonds. The fourth-order valence-electron chi connectivity index (χ4n) is 3.33. The van der Waals surface area contributed by atoms with E-state index in [0.717, 1.165) is 6.42 Å². The second-order valence-electron chi connectivity index (χ2n) is 6.75. The third-order valence-corrected chi connectivity index (χ3v) is 4.80. The van der Waals surface area contributed by atoms with Crippen LogP contribution in [0.1, 0.15) is 41.7 Å². The molecule has 0 aliphatic heterocycles. The predicted octanol–water partition coefficient (Wildman–Crippen LogP) is 5.91. The minimum Gasteiger partial charge on any atom is -0.0622 e. The summed E-state index contributed by atoms with van der Waals surface area (Å²) in [7, 11) is 0. The Hall–Kier alpha value is -2.34. The molecule has 0 saturated heterocycles. The molecule has 0 bridgehead atoms. The van der Waals surface area contributed by atoms with Crippen LogP contribution in [0.2, 0.25) is 0 Å². The first-order valence-corrected chi connectivity index (χ1v) is 8.27. The van der Waals surface area contributed by atoms with Crippen LogP contribution in [-0.4, -0.2) is 0 Å². The van der Waals surface area contributed by atoms with Crippen LogP contribution in [0.3, 0.4) is 0 Å². The largest absolute Gasteiger partial charge is 0.0622 e. The van der Waals surface area contributed by atoms with Gasteiger partial charge in [0.15, 0.2) is 0 Å². The molecule has 0 spiro atoms. The Kier molecular flexibility index (Phi) is 4.34. The van der Waals surface area contributed by atoms with Gasteiger partial charge >= 0.3 is 0 Å². The van der Waals surface area contributed by atoms with E-state index in [-0.39, 0.29) is 5.41 Å². The molecule has 0 nitrogen and oxygen atoms in total. The summed E-state index contributed by atoms with van der Waals surface area (Å²) in [6.07, 6.45) is 0.985. The molecule has 3 aromatic rings. The minimum atomic E-state index is -0.00259. The summed E-state index contributed by atoms with van der Waals surface area (Å²) in [6.45, 7) is 6.88. The van der Waals surface area contributed by atoms with E-state index >= 15 is 0 Å². The van der Waals surface area contributed by atoms with Gasteiger partial charge in [0.2, 0.25) is 0 Å². The lowest BCUT2D eigenvalue weighted by Gasteiger charge is -2.29. The molecule has 3 rings (SSSR count). The van der Waals surface area contributed by atoms with Gasteiger partial charge in [-0.3, -0.25) is 0 Å². The molecule has 0 N–H and O–H groups in total. The molecule has 23 heavy (non-hydrogen) atoms. The van der Waals surface area contributed by atoms with E-state index in [0.29, 0.717) is 0 Å². The van der Waals surface area contributed by atoms with Crippen LogP contribution in [0.4, 0.5) is 0 Å². The van der Waals surface area contributed by atoms with Gasteiger partial charge in [-0.05, 0) is 41.2 Å². The van der Waals surface area contributed by atoms with Crippen LogP contribution in [0.5, 0.6) is 0 Å². The summed E-state index contributed by atoms with van der Waals surface area (Å²) in [6, 6.07) is 28.3. The molecule has 0 fully saturated rings. The van der Waals surface area contributed by atoms with Crippen LogP contribution >= 0.6 is 0 Å². The zero-order valence-electron chi connectivity index (χ0n) is 14.2. The average Bonchev–Trinajstić information content (AvgIpc) is 2.58. The molecule has 0 heteroatoms. The summed E-state index contributed by atoms with van der Waals surface area (Å²) >= 11 is 0. The zero-order chi connectivity index (χ0) is 16.3. The van der Waals surface area contributed by atoms with E-state index in [9.17, 15) is 0 Å². The molecule has 0 heterocycles. The monoisotopic (exact) mass is 300 g/mol. The van der Waals surface area contributed by atoms with Crippen molar-refractivity contribution in [1.29, 1.82) is 0 Å². The average molecular weight is 300 g/mol. The molecular weight excluding hydrogens is 276 g/mol. The van der Waals surface area contributed by atoms with Crippen molar-refractivity contribution < 1.29 is 0 Å². The van der Waals surface area contributed by atoms with Crippen molar-refractivity contribution in [3.8, 4) is 0 Å². The summed E-state index contributed by atoms with van der Waals surface area (Å²) in [5.74, 6) is 0. The maximum atomic E-state index is 2.33. The van der Waals surface area contributed by atoms with Gasteiger partial charge in [0, 0.05) is 5.41 Å². The Labute approximate surface area is 139 Å². The molecule has 0 aliphatic carbocycles. The van der Waals surface area contributed by atoms with E-state index < -0.39 is 0 Å². The number of hydrogen-bond acceptors (Lipinski definition) is 0.